The lowest BCUT2D eigenvalue weighted by molar-refractivity contribution is -0.142. The number of aliphatic carboxylic acids is 1. The van der Waals surface area contributed by atoms with Crippen molar-refractivity contribution in [2.45, 2.75) is 12.5 Å². The first-order chi connectivity index (χ1) is 9.41. The summed E-state index contributed by atoms with van der Waals surface area (Å²) in [7, 11) is 0. The molecule has 0 bridgehead atoms. The Labute approximate surface area is 134 Å². The minimum Gasteiger partial charge on any atom is -0.479 e. The Kier molecular flexibility index (Phi) is 4.50. The third-order valence-corrected chi connectivity index (χ3v) is 4.15. The maximum Gasteiger partial charge on any atom is 0.333 e. The molecule has 0 aliphatic carbocycles. The molecule has 0 radical (unpaired) electrons. The fraction of sp³-hybridized carbons (Fsp3) is 0.133. The van der Waals surface area contributed by atoms with Crippen molar-refractivity contribution in [3.8, 4) is 0 Å². The third-order valence-electron chi connectivity index (χ3n) is 3.09. The number of hydrogen-bond acceptors (Lipinski definition) is 2. The van der Waals surface area contributed by atoms with Crippen molar-refractivity contribution in [3.05, 3.63) is 63.0 Å². The van der Waals surface area contributed by atoms with E-state index in [0.29, 0.717) is 5.56 Å². The maximum atomic E-state index is 11.7. The molecule has 0 aromatic heterocycles. The summed E-state index contributed by atoms with van der Waals surface area (Å²) < 4.78 is 1.86. The van der Waals surface area contributed by atoms with Gasteiger partial charge >= 0.3 is 5.97 Å². The maximum absolute atomic E-state index is 11.7. The second-order valence-corrected chi connectivity index (χ2v) is 6.40. The molecule has 104 valence electrons. The van der Waals surface area contributed by atoms with Gasteiger partial charge in [-0.2, -0.15) is 0 Å². The van der Waals surface area contributed by atoms with Crippen LogP contribution in [0.5, 0.6) is 0 Å². The molecule has 0 saturated heterocycles. The molecule has 2 aromatic carbocycles. The molecule has 0 aliphatic heterocycles. The number of anilines is 1. The van der Waals surface area contributed by atoms with Crippen LogP contribution < -0.4 is 5.32 Å². The summed E-state index contributed by atoms with van der Waals surface area (Å²) in [5.41, 5.74) is 0.256. The molecule has 0 saturated carbocycles. The predicted molar refractivity (Wildman–Crippen MR) is 86.9 cm³/mol. The Bertz CT molecular complexity index is 611. The Hall–Kier alpha value is -1.33. The first-order valence-corrected chi connectivity index (χ1v) is 7.53. The van der Waals surface area contributed by atoms with Crippen LogP contribution in [-0.2, 0) is 10.3 Å². The number of carboxylic acids is 1. The highest BCUT2D eigenvalue weighted by molar-refractivity contribution is 9.10. The molecule has 2 N–H and O–H groups in total. The van der Waals surface area contributed by atoms with Gasteiger partial charge in [0.15, 0.2) is 5.54 Å². The highest BCUT2D eigenvalue weighted by Gasteiger charge is 2.35. The van der Waals surface area contributed by atoms with Crippen LogP contribution in [0.3, 0.4) is 0 Å². The van der Waals surface area contributed by atoms with E-state index in [9.17, 15) is 9.90 Å². The second kappa shape index (κ2) is 5.97. The van der Waals surface area contributed by atoms with Crippen LogP contribution in [0.25, 0.3) is 0 Å². The predicted octanol–water partition coefficient (Wildman–Crippen LogP) is 4.62. The smallest absolute Gasteiger partial charge is 0.333 e. The molecule has 0 aliphatic rings. The summed E-state index contributed by atoms with van der Waals surface area (Å²) in [6.07, 6.45) is 0. The average molecular weight is 399 g/mol. The van der Waals surface area contributed by atoms with E-state index in [1.54, 1.807) is 19.1 Å². The molecule has 3 nitrogen and oxygen atoms in total. The summed E-state index contributed by atoms with van der Waals surface area (Å²) in [5, 5.41) is 12.7. The van der Waals surface area contributed by atoms with E-state index >= 15 is 0 Å². The Morgan fingerprint density at radius 2 is 1.45 bits per heavy atom. The van der Waals surface area contributed by atoms with Crippen LogP contribution in [0.4, 0.5) is 5.69 Å². The number of hydrogen-bond donors (Lipinski definition) is 2. The lowest BCUT2D eigenvalue weighted by atomic mass is 9.91. The molecular formula is C15H13Br2NO2. The van der Waals surface area contributed by atoms with E-state index in [1.807, 2.05) is 36.4 Å². The van der Waals surface area contributed by atoms with E-state index in [1.165, 1.54) is 0 Å². The van der Waals surface area contributed by atoms with Gasteiger partial charge < -0.3 is 10.4 Å². The van der Waals surface area contributed by atoms with Crippen LogP contribution >= 0.6 is 31.9 Å². The highest BCUT2D eigenvalue weighted by Crippen LogP contribution is 2.28. The van der Waals surface area contributed by atoms with Gasteiger partial charge in [-0.1, -0.05) is 44.0 Å². The molecular weight excluding hydrogens is 386 g/mol. The van der Waals surface area contributed by atoms with Crippen molar-refractivity contribution in [2.24, 2.45) is 0 Å². The van der Waals surface area contributed by atoms with Crippen molar-refractivity contribution < 1.29 is 9.90 Å². The van der Waals surface area contributed by atoms with Crippen LogP contribution in [0.2, 0.25) is 0 Å². The zero-order valence-corrected chi connectivity index (χ0v) is 13.9. The summed E-state index contributed by atoms with van der Waals surface area (Å²) in [4.78, 5) is 11.7. The SMILES string of the molecule is CC(Nc1ccc(Br)cc1)(C(=O)O)c1ccc(Br)cc1. The van der Waals surface area contributed by atoms with Crippen molar-refractivity contribution in [1.82, 2.24) is 0 Å². The molecule has 2 rings (SSSR count). The first kappa shape index (κ1) is 15.1. The number of benzene rings is 2. The number of rotatable bonds is 4. The van der Waals surface area contributed by atoms with Gasteiger partial charge in [-0.15, -0.1) is 0 Å². The largest absolute Gasteiger partial charge is 0.479 e. The van der Waals surface area contributed by atoms with Gasteiger partial charge in [0.2, 0.25) is 0 Å². The fourth-order valence-electron chi connectivity index (χ4n) is 1.85. The van der Waals surface area contributed by atoms with Gasteiger partial charge in [0.25, 0.3) is 0 Å². The van der Waals surface area contributed by atoms with E-state index in [2.05, 4.69) is 37.2 Å². The van der Waals surface area contributed by atoms with Gasteiger partial charge in [0, 0.05) is 14.6 Å². The molecule has 2 aromatic rings. The molecule has 0 heterocycles. The molecule has 5 heteroatoms. The molecule has 20 heavy (non-hydrogen) atoms. The molecule has 1 atom stereocenters. The summed E-state index contributed by atoms with van der Waals surface area (Å²) in [5.74, 6) is -0.928. The number of carbonyl (C=O) groups is 1. The van der Waals surface area contributed by atoms with E-state index < -0.39 is 11.5 Å². The minimum absolute atomic E-state index is 0.691. The standard InChI is InChI=1S/C15H13Br2NO2/c1-15(14(19)20,10-2-4-11(16)5-3-10)18-13-8-6-12(17)7-9-13/h2-9,18H,1H3,(H,19,20). The van der Waals surface area contributed by atoms with Crippen molar-refractivity contribution >= 4 is 43.5 Å². The molecule has 0 amide bonds. The van der Waals surface area contributed by atoms with Crippen molar-refractivity contribution in [3.63, 3.8) is 0 Å². The Balaban J connectivity index is 2.37. The molecule has 1 unspecified atom stereocenters. The van der Waals surface area contributed by atoms with E-state index in [4.69, 9.17) is 0 Å². The zero-order chi connectivity index (χ0) is 14.8. The molecule has 0 fully saturated rings. The van der Waals surface area contributed by atoms with Crippen LogP contribution in [0.15, 0.2) is 57.5 Å². The van der Waals surface area contributed by atoms with Crippen LogP contribution in [0, 0.1) is 0 Å². The minimum atomic E-state index is -1.19. The number of nitrogens with one attached hydrogen (secondary N) is 1. The number of halogens is 2. The molecule has 0 spiro atoms. The normalized spacial score (nSPS) is 13.6. The Morgan fingerprint density at radius 3 is 1.90 bits per heavy atom. The van der Waals surface area contributed by atoms with Gasteiger partial charge in [0.05, 0.1) is 0 Å². The van der Waals surface area contributed by atoms with Crippen LogP contribution in [-0.4, -0.2) is 11.1 Å². The van der Waals surface area contributed by atoms with Gasteiger partial charge in [-0.05, 0) is 48.9 Å². The number of carboxylic acid groups (broad SMARTS) is 1. The lowest BCUT2D eigenvalue weighted by Gasteiger charge is -2.28. The summed E-state index contributed by atoms with van der Waals surface area (Å²) in [6.45, 7) is 1.65. The van der Waals surface area contributed by atoms with Gasteiger partial charge in [-0.3, -0.25) is 0 Å². The zero-order valence-electron chi connectivity index (χ0n) is 10.7. The topological polar surface area (TPSA) is 49.3 Å². The van der Waals surface area contributed by atoms with Gasteiger partial charge in [-0.25, -0.2) is 4.79 Å². The quantitative estimate of drug-likeness (QED) is 0.789. The summed E-state index contributed by atoms with van der Waals surface area (Å²) in [6, 6.07) is 14.7. The average Bonchev–Trinajstić information content (AvgIpc) is 2.42. The van der Waals surface area contributed by atoms with E-state index in [-0.39, 0.29) is 0 Å². The van der Waals surface area contributed by atoms with E-state index in [0.717, 1.165) is 14.6 Å². The third kappa shape index (κ3) is 3.22. The highest BCUT2D eigenvalue weighted by atomic mass is 79.9. The van der Waals surface area contributed by atoms with Crippen molar-refractivity contribution in [1.29, 1.82) is 0 Å². The Morgan fingerprint density at radius 1 is 1.00 bits per heavy atom. The summed E-state index contributed by atoms with van der Waals surface area (Å²) >= 11 is 6.71. The van der Waals surface area contributed by atoms with Crippen molar-refractivity contribution in [2.75, 3.05) is 5.32 Å². The van der Waals surface area contributed by atoms with Gasteiger partial charge in [0.1, 0.15) is 0 Å². The monoisotopic (exact) mass is 397 g/mol. The first-order valence-electron chi connectivity index (χ1n) is 5.95. The van der Waals surface area contributed by atoms with Crippen LogP contribution in [0.1, 0.15) is 12.5 Å². The fourth-order valence-corrected chi connectivity index (χ4v) is 2.38. The lowest BCUT2D eigenvalue weighted by Crippen LogP contribution is -2.40. The second-order valence-electron chi connectivity index (χ2n) is 4.57.